The molecule has 0 aromatic carbocycles. The number of carbonyl (C=O) groups excluding carboxylic acids is 1. The van der Waals surface area contributed by atoms with Gasteiger partial charge in [-0.05, 0) is 40.0 Å². The summed E-state index contributed by atoms with van der Waals surface area (Å²) in [6, 6.07) is 1.68. The summed E-state index contributed by atoms with van der Waals surface area (Å²) in [6.07, 6.45) is 3.26. The molecule has 23 heavy (non-hydrogen) atoms. The molecule has 1 aromatic heterocycles. The van der Waals surface area contributed by atoms with Gasteiger partial charge in [0.05, 0.1) is 0 Å². The van der Waals surface area contributed by atoms with Crippen LogP contribution in [-0.4, -0.2) is 78.1 Å². The molecule has 128 valence electrons. The van der Waals surface area contributed by atoms with Crippen molar-refractivity contribution < 1.29 is 9.32 Å². The third-order valence-electron chi connectivity index (χ3n) is 5.39. The number of halogens is 1. The molecular formula is C16H25ClN4O2. The summed E-state index contributed by atoms with van der Waals surface area (Å²) < 4.78 is 5.07. The molecule has 1 amide bonds. The first-order valence-electron chi connectivity index (χ1n) is 8.27. The first-order chi connectivity index (χ1) is 11.0. The van der Waals surface area contributed by atoms with Crippen LogP contribution in [0.2, 0.25) is 5.15 Å². The van der Waals surface area contributed by atoms with Gasteiger partial charge in [-0.15, -0.1) is 0 Å². The summed E-state index contributed by atoms with van der Waals surface area (Å²) >= 11 is 5.74. The molecule has 0 radical (unpaired) electrons. The molecule has 2 saturated heterocycles. The Bertz CT molecular complexity index is 554. The van der Waals surface area contributed by atoms with Crippen molar-refractivity contribution in [1.82, 2.24) is 19.9 Å². The van der Waals surface area contributed by atoms with Crippen LogP contribution in [0.4, 0.5) is 0 Å². The van der Waals surface area contributed by atoms with Gasteiger partial charge < -0.3 is 14.3 Å². The highest BCUT2D eigenvalue weighted by Gasteiger charge is 2.42. The molecule has 7 heteroatoms. The second kappa shape index (κ2) is 6.79. The molecule has 2 fully saturated rings. The molecule has 3 rings (SSSR count). The van der Waals surface area contributed by atoms with Crippen molar-refractivity contribution in [2.24, 2.45) is 0 Å². The molecule has 0 atom stereocenters. The van der Waals surface area contributed by atoms with Gasteiger partial charge in [-0.2, -0.15) is 0 Å². The molecule has 2 aliphatic rings. The van der Waals surface area contributed by atoms with Gasteiger partial charge in [0, 0.05) is 44.1 Å². The molecule has 0 saturated carbocycles. The zero-order valence-corrected chi connectivity index (χ0v) is 14.7. The van der Waals surface area contributed by atoms with E-state index in [-0.39, 0.29) is 11.4 Å². The maximum absolute atomic E-state index is 12.6. The van der Waals surface area contributed by atoms with Gasteiger partial charge >= 0.3 is 0 Å². The zero-order valence-electron chi connectivity index (χ0n) is 13.9. The van der Waals surface area contributed by atoms with Crippen molar-refractivity contribution in [3.63, 3.8) is 0 Å². The number of piperidine rings is 1. The average Bonchev–Trinajstić information content (AvgIpc) is 2.96. The summed E-state index contributed by atoms with van der Waals surface area (Å²) in [5.41, 5.74) is 0.149. The molecule has 0 unspecified atom stereocenters. The van der Waals surface area contributed by atoms with Crippen LogP contribution in [0.3, 0.4) is 0 Å². The van der Waals surface area contributed by atoms with Crippen molar-refractivity contribution in [2.75, 3.05) is 46.8 Å². The van der Waals surface area contributed by atoms with E-state index in [1.165, 1.54) is 0 Å². The Morgan fingerprint density at radius 2 is 2.04 bits per heavy atom. The number of carbonyl (C=O) groups is 1. The van der Waals surface area contributed by atoms with Crippen LogP contribution in [0, 0.1) is 0 Å². The Morgan fingerprint density at radius 1 is 1.30 bits per heavy atom. The van der Waals surface area contributed by atoms with E-state index in [4.69, 9.17) is 16.1 Å². The average molecular weight is 341 g/mol. The molecule has 2 aliphatic heterocycles. The Balaban J connectivity index is 1.58. The Labute approximate surface area is 142 Å². The van der Waals surface area contributed by atoms with Crippen molar-refractivity contribution >= 4 is 17.5 Å². The maximum atomic E-state index is 12.6. The predicted octanol–water partition coefficient (Wildman–Crippen LogP) is 1.50. The van der Waals surface area contributed by atoms with E-state index in [0.29, 0.717) is 23.8 Å². The second-order valence-corrected chi connectivity index (χ2v) is 7.27. The lowest BCUT2D eigenvalue weighted by atomic mass is 9.84. The van der Waals surface area contributed by atoms with Crippen molar-refractivity contribution in [2.45, 2.75) is 31.2 Å². The lowest BCUT2D eigenvalue weighted by molar-refractivity contribution is -0.138. The number of aryl methyl sites for hydroxylation is 1. The smallest absolute Gasteiger partial charge is 0.223 e. The van der Waals surface area contributed by atoms with Crippen LogP contribution in [-0.2, 0) is 11.2 Å². The molecule has 6 nitrogen and oxygen atoms in total. The third kappa shape index (κ3) is 3.70. The van der Waals surface area contributed by atoms with Gasteiger partial charge in [-0.3, -0.25) is 9.69 Å². The van der Waals surface area contributed by atoms with Gasteiger partial charge in [0.1, 0.15) is 5.76 Å². The van der Waals surface area contributed by atoms with Gasteiger partial charge in [0.15, 0.2) is 5.15 Å². The van der Waals surface area contributed by atoms with Crippen LogP contribution in [0.5, 0.6) is 0 Å². The number of likely N-dealkylation sites (tertiary alicyclic amines) is 1. The van der Waals surface area contributed by atoms with Gasteiger partial charge in [0.25, 0.3) is 0 Å². The van der Waals surface area contributed by atoms with E-state index in [1.54, 1.807) is 6.07 Å². The molecule has 1 aromatic rings. The summed E-state index contributed by atoms with van der Waals surface area (Å²) in [7, 11) is 4.37. The third-order valence-corrected chi connectivity index (χ3v) is 5.56. The number of likely N-dealkylation sites (N-methyl/N-ethyl adjacent to an activating group) is 1. The standard InChI is InChI=1S/C16H25ClN4O2/c1-19-7-5-16(6-8-19)12-21(10-9-20(16)2)15(22)4-3-13-11-14(17)18-23-13/h11H,3-10,12H2,1-2H3. The van der Waals surface area contributed by atoms with Crippen LogP contribution in [0.25, 0.3) is 0 Å². The summed E-state index contributed by atoms with van der Waals surface area (Å²) in [4.78, 5) is 19.4. The molecule has 0 bridgehead atoms. The van der Waals surface area contributed by atoms with Crippen molar-refractivity contribution in [3.05, 3.63) is 17.0 Å². The highest BCUT2D eigenvalue weighted by molar-refractivity contribution is 6.29. The van der Waals surface area contributed by atoms with E-state index in [1.807, 2.05) is 4.90 Å². The lowest BCUT2D eigenvalue weighted by Crippen LogP contribution is -2.65. The first-order valence-corrected chi connectivity index (χ1v) is 8.65. The number of aromatic nitrogens is 1. The van der Waals surface area contributed by atoms with Gasteiger partial charge in [-0.1, -0.05) is 16.8 Å². The SMILES string of the molecule is CN1CCC2(CC1)CN(C(=O)CCc1cc(Cl)no1)CCN2C. The Morgan fingerprint density at radius 3 is 2.70 bits per heavy atom. The minimum atomic E-state index is 0.149. The quantitative estimate of drug-likeness (QED) is 0.834. The van der Waals surface area contributed by atoms with Crippen LogP contribution >= 0.6 is 11.6 Å². The first kappa shape index (κ1) is 16.7. The fourth-order valence-corrected chi connectivity index (χ4v) is 3.80. The van der Waals surface area contributed by atoms with Gasteiger partial charge in [0.2, 0.25) is 5.91 Å². The normalized spacial score (nSPS) is 22.7. The maximum Gasteiger partial charge on any atom is 0.223 e. The number of nitrogens with zero attached hydrogens (tertiary/aromatic N) is 4. The summed E-state index contributed by atoms with van der Waals surface area (Å²) in [5, 5.41) is 3.99. The molecule has 1 spiro atoms. The van der Waals surface area contributed by atoms with Crippen LogP contribution in [0.15, 0.2) is 10.6 Å². The monoisotopic (exact) mass is 340 g/mol. The summed E-state index contributed by atoms with van der Waals surface area (Å²) in [5.74, 6) is 0.871. The van der Waals surface area contributed by atoms with Crippen molar-refractivity contribution in [1.29, 1.82) is 0 Å². The van der Waals surface area contributed by atoms with Gasteiger partial charge in [-0.25, -0.2) is 0 Å². The Hall–Kier alpha value is -1.11. The molecular weight excluding hydrogens is 316 g/mol. The van der Waals surface area contributed by atoms with E-state index < -0.39 is 0 Å². The van der Waals surface area contributed by atoms with Crippen LogP contribution in [0.1, 0.15) is 25.0 Å². The zero-order chi connectivity index (χ0) is 16.4. The van der Waals surface area contributed by atoms with E-state index in [9.17, 15) is 4.79 Å². The largest absolute Gasteiger partial charge is 0.360 e. The van der Waals surface area contributed by atoms with Crippen LogP contribution < -0.4 is 0 Å². The van der Waals surface area contributed by atoms with E-state index in [0.717, 1.165) is 45.6 Å². The molecule has 0 N–H and O–H groups in total. The fraction of sp³-hybridized carbons (Fsp3) is 0.750. The number of hydrogen-bond donors (Lipinski definition) is 0. The van der Waals surface area contributed by atoms with Crippen molar-refractivity contribution in [3.8, 4) is 0 Å². The number of piperazine rings is 1. The highest BCUT2D eigenvalue weighted by Crippen LogP contribution is 2.31. The Kier molecular flexibility index (Phi) is 4.94. The van der Waals surface area contributed by atoms with E-state index >= 15 is 0 Å². The molecule has 3 heterocycles. The topological polar surface area (TPSA) is 52.8 Å². The highest BCUT2D eigenvalue weighted by atomic mass is 35.5. The number of amides is 1. The lowest BCUT2D eigenvalue weighted by Gasteiger charge is -2.52. The predicted molar refractivity (Wildman–Crippen MR) is 88.5 cm³/mol. The number of hydrogen-bond acceptors (Lipinski definition) is 5. The summed E-state index contributed by atoms with van der Waals surface area (Å²) in [6.45, 7) is 4.80. The minimum absolute atomic E-state index is 0.149. The van der Waals surface area contributed by atoms with E-state index in [2.05, 4.69) is 29.1 Å². The minimum Gasteiger partial charge on any atom is -0.360 e. The number of rotatable bonds is 3. The fourth-order valence-electron chi connectivity index (χ4n) is 3.64. The molecule has 0 aliphatic carbocycles. The second-order valence-electron chi connectivity index (χ2n) is 6.88.